The van der Waals surface area contributed by atoms with Gasteiger partial charge in [-0.15, -0.1) is 15.3 Å². The van der Waals surface area contributed by atoms with Gasteiger partial charge in [0.15, 0.2) is 5.82 Å². The van der Waals surface area contributed by atoms with Crippen LogP contribution < -0.4 is 0 Å². The smallest absolute Gasteiger partial charge is 0.247 e. The van der Waals surface area contributed by atoms with Gasteiger partial charge in [-0.25, -0.2) is 4.98 Å². The molecule has 4 aromatic rings. The third-order valence-corrected chi connectivity index (χ3v) is 4.76. The molecule has 2 aromatic heterocycles. The molecule has 1 N–H and O–H groups in total. The van der Waals surface area contributed by atoms with Crippen LogP contribution in [-0.4, -0.2) is 25.4 Å². The lowest BCUT2D eigenvalue weighted by Crippen LogP contribution is -1.82. The summed E-state index contributed by atoms with van der Waals surface area (Å²) in [6, 6.07) is 15.4. The Morgan fingerprint density at radius 3 is 2.50 bits per heavy atom. The minimum atomic E-state index is 0.465. The highest BCUT2D eigenvalue weighted by molar-refractivity contribution is 7.98. The summed E-state index contributed by atoms with van der Waals surface area (Å²) in [6.45, 7) is 2.05. The Kier molecular flexibility index (Phi) is 4.73. The first-order valence-corrected chi connectivity index (χ1v) is 9.24. The van der Waals surface area contributed by atoms with Crippen molar-refractivity contribution >= 4 is 23.4 Å². The molecule has 0 bridgehead atoms. The number of thioether (sulfide) groups is 1. The Morgan fingerprint density at radius 1 is 1.00 bits per heavy atom. The van der Waals surface area contributed by atoms with E-state index in [0.717, 1.165) is 17.0 Å². The second kappa shape index (κ2) is 7.31. The third-order valence-electron chi connectivity index (χ3n) is 3.67. The standard InChI is InChI=1S/C18H14ClN5OS/c1-11-2-4-12(5-3-11)16-20-18(24-22-16)26-10-15-21-23-17(25-15)13-6-8-14(19)9-7-13/h2-9H,10H2,1H3,(H,20,22,24). The van der Waals surface area contributed by atoms with Gasteiger partial charge in [-0.2, -0.15) is 0 Å². The second-order valence-corrected chi connectivity index (χ2v) is 7.01. The number of halogens is 1. The average Bonchev–Trinajstić information content (AvgIpc) is 3.31. The maximum atomic E-state index is 5.89. The van der Waals surface area contributed by atoms with E-state index in [1.807, 2.05) is 43.3 Å². The van der Waals surface area contributed by atoms with Gasteiger partial charge in [0.25, 0.3) is 0 Å². The van der Waals surface area contributed by atoms with E-state index in [1.165, 1.54) is 17.3 Å². The maximum Gasteiger partial charge on any atom is 0.247 e. The van der Waals surface area contributed by atoms with Crippen LogP contribution in [0.2, 0.25) is 5.02 Å². The number of rotatable bonds is 5. The highest BCUT2D eigenvalue weighted by atomic mass is 35.5. The molecule has 0 atom stereocenters. The lowest BCUT2D eigenvalue weighted by atomic mass is 10.1. The fraction of sp³-hybridized carbons (Fsp3) is 0.111. The van der Waals surface area contributed by atoms with Crippen LogP contribution in [0, 0.1) is 6.92 Å². The van der Waals surface area contributed by atoms with E-state index >= 15 is 0 Å². The number of aryl methyl sites for hydroxylation is 1. The van der Waals surface area contributed by atoms with Crippen LogP contribution in [0.25, 0.3) is 22.8 Å². The van der Waals surface area contributed by atoms with Gasteiger partial charge in [0.1, 0.15) is 0 Å². The van der Waals surface area contributed by atoms with Crippen LogP contribution in [0.5, 0.6) is 0 Å². The largest absolute Gasteiger partial charge is 0.420 e. The summed E-state index contributed by atoms with van der Waals surface area (Å²) in [6.07, 6.45) is 0. The minimum absolute atomic E-state index is 0.465. The number of benzene rings is 2. The molecule has 2 aromatic carbocycles. The Labute approximate surface area is 159 Å². The Balaban J connectivity index is 1.42. The molecule has 0 radical (unpaired) electrons. The molecule has 0 aliphatic heterocycles. The molecule has 130 valence electrons. The maximum absolute atomic E-state index is 5.89. The van der Waals surface area contributed by atoms with Crippen LogP contribution in [0.4, 0.5) is 0 Å². The van der Waals surface area contributed by atoms with Gasteiger partial charge < -0.3 is 4.42 Å². The zero-order valence-corrected chi connectivity index (χ0v) is 15.4. The summed E-state index contributed by atoms with van der Waals surface area (Å²) in [7, 11) is 0. The lowest BCUT2D eigenvalue weighted by molar-refractivity contribution is 0.528. The van der Waals surface area contributed by atoms with Gasteiger partial charge in [-0.3, -0.25) is 5.10 Å². The number of aromatic nitrogens is 5. The molecular formula is C18H14ClN5OS. The summed E-state index contributed by atoms with van der Waals surface area (Å²) in [5.41, 5.74) is 3.03. The molecule has 0 unspecified atom stereocenters. The first kappa shape index (κ1) is 16.8. The zero-order valence-electron chi connectivity index (χ0n) is 13.8. The van der Waals surface area contributed by atoms with Crippen LogP contribution in [-0.2, 0) is 5.75 Å². The fourth-order valence-electron chi connectivity index (χ4n) is 2.30. The van der Waals surface area contributed by atoms with Gasteiger partial charge in [-0.05, 0) is 31.2 Å². The lowest BCUT2D eigenvalue weighted by Gasteiger charge is -1.96. The van der Waals surface area contributed by atoms with E-state index in [0.29, 0.717) is 27.7 Å². The predicted octanol–water partition coefficient (Wildman–Crippen LogP) is 4.78. The molecule has 0 spiro atoms. The Hall–Kier alpha value is -2.64. The highest BCUT2D eigenvalue weighted by Crippen LogP contribution is 2.25. The number of nitrogens with zero attached hydrogens (tertiary/aromatic N) is 4. The molecule has 8 heteroatoms. The van der Waals surface area contributed by atoms with Crippen molar-refractivity contribution in [2.24, 2.45) is 0 Å². The monoisotopic (exact) mass is 383 g/mol. The summed E-state index contributed by atoms with van der Waals surface area (Å²) in [5.74, 6) is 2.21. The number of H-pyrrole nitrogens is 1. The van der Waals surface area contributed by atoms with Crippen molar-refractivity contribution in [1.29, 1.82) is 0 Å². The van der Waals surface area contributed by atoms with E-state index in [2.05, 4.69) is 25.4 Å². The van der Waals surface area contributed by atoms with Gasteiger partial charge in [0.05, 0.1) is 5.75 Å². The molecule has 4 rings (SSSR count). The van der Waals surface area contributed by atoms with E-state index in [9.17, 15) is 0 Å². The van der Waals surface area contributed by atoms with Gasteiger partial charge in [0.2, 0.25) is 16.9 Å². The first-order valence-electron chi connectivity index (χ1n) is 7.88. The van der Waals surface area contributed by atoms with Gasteiger partial charge in [0, 0.05) is 16.1 Å². The van der Waals surface area contributed by atoms with Crippen molar-refractivity contribution in [3.63, 3.8) is 0 Å². The van der Waals surface area contributed by atoms with E-state index in [-0.39, 0.29) is 0 Å². The summed E-state index contributed by atoms with van der Waals surface area (Å²) in [5, 5.41) is 16.6. The Bertz CT molecular complexity index is 927. The van der Waals surface area contributed by atoms with E-state index < -0.39 is 0 Å². The summed E-state index contributed by atoms with van der Waals surface area (Å²) < 4.78 is 5.68. The highest BCUT2D eigenvalue weighted by Gasteiger charge is 2.11. The number of hydrogen-bond acceptors (Lipinski definition) is 6. The summed E-state index contributed by atoms with van der Waals surface area (Å²) in [4.78, 5) is 4.49. The minimum Gasteiger partial charge on any atom is -0.420 e. The van der Waals surface area contributed by atoms with Crippen molar-refractivity contribution in [1.82, 2.24) is 25.4 Å². The average molecular weight is 384 g/mol. The molecule has 2 heterocycles. The fourth-order valence-corrected chi connectivity index (χ4v) is 3.06. The SMILES string of the molecule is Cc1ccc(-c2nc(SCc3nnc(-c4ccc(Cl)cc4)o3)n[nH]2)cc1. The molecule has 0 amide bonds. The van der Waals surface area contributed by atoms with Gasteiger partial charge in [-0.1, -0.05) is 53.2 Å². The molecule has 0 aliphatic rings. The predicted molar refractivity (Wildman–Crippen MR) is 101 cm³/mol. The molecule has 0 aliphatic carbocycles. The van der Waals surface area contributed by atoms with Crippen molar-refractivity contribution < 1.29 is 4.42 Å². The first-order chi connectivity index (χ1) is 12.7. The Morgan fingerprint density at radius 2 is 1.73 bits per heavy atom. The number of nitrogens with one attached hydrogen (secondary N) is 1. The van der Waals surface area contributed by atoms with Crippen molar-refractivity contribution in [2.75, 3.05) is 0 Å². The topological polar surface area (TPSA) is 80.5 Å². The quantitative estimate of drug-likeness (QED) is 0.500. The van der Waals surface area contributed by atoms with Crippen molar-refractivity contribution in [3.8, 4) is 22.8 Å². The van der Waals surface area contributed by atoms with Crippen LogP contribution in [0.15, 0.2) is 58.1 Å². The van der Waals surface area contributed by atoms with Crippen LogP contribution in [0.1, 0.15) is 11.5 Å². The third kappa shape index (κ3) is 3.79. The zero-order chi connectivity index (χ0) is 17.9. The van der Waals surface area contributed by atoms with Crippen molar-refractivity contribution in [3.05, 3.63) is 65.0 Å². The second-order valence-electron chi connectivity index (χ2n) is 5.63. The van der Waals surface area contributed by atoms with Crippen LogP contribution >= 0.6 is 23.4 Å². The number of hydrogen-bond donors (Lipinski definition) is 1. The molecule has 0 saturated carbocycles. The van der Waals surface area contributed by atoms with E-state index in [1.54, 1.807) is 12.1 Å². The molecule has 0 saturated heterocycles. The molecule has 0 fully saturated rings. The van der Waals surface area contributed by atoms with Crippen molar-refractivity contribution in [2.45, 2.75) is 17.8 Å². The number of aromatic amines is 1. The normalized spacial score (nSPS) is 11.0. The summed E-state index contributed by atoms with van der Waals surface area (Å²) >= 11 is 7.32. The molecule has 6 nitrogen and oxygen atoms in total. The van der Waals surface area contributed by atoms with Crippen LogP contribution in [0.3, 0.4) is 0 Å². The molecular weight excluding hydrogens is 370 g/mol. The molecule has 26 heavy (non-hydrogen) atoms. The van der Waals surface area contributed by atoms with E-state index in [4.69, 9.17) is 16.0 Å². The van der Waals surface area contributed by atoms with Gasteiger partial charge >= 0.3 is 0 Å².